The minimum atomic E-state index is -0.590. The molecule has 2 aromatic carbocycles. The van der Waals surface area contributed by atoms with Crippen LogP contribution in [0.4, 0.5) is 11.4 Å². The summed E-state index contributed by atoms with van der Waals surface area (Å²) in [6.07, 6.45) is 3.49. The van der Waals surface area contributed by atoms with Gasteiger partial charge in [-0.1, -0.05) is 37.1 Å². The van der Waals surface area contributed by atoms with Crippen molar-refractivity contribution in [2.75, 3.05) is 16.3 Å². The Hall–Kier alpha value is -3.48. The van der Waals surface area contributed by atoms with Crippen LogP contribution in [-0.2, 0) is 19.2 Å². The Labute approximate surface area is 198 Å². The smallest absolute Gasteiger partial charge is 0.316 e. The topological polar surface area (TPSA) is 84.0 Å². The molecule has 2 aromatic rings. The van der Waals surface area contributed by atoms with E-state index in [9.17, 15) is 19.2 Å². The number of ether oxygens (including phenoxy) is 1. The number of amides is 3. The van der Waals surface area contributed by atoms with E-state index in [1.165, 1.54) is 4.90 Å². The van der Waals surface area contributed by atoms with E-state index in [1.54, 1.807) is 29.2 Å². The molecule has 1 aliphatic carbocycles. The van der Waals surface area contributed by atoms with Crippen LogP contribution in [0.3, 0.4) is 0 Å². The molecule has 176 valence electrons. The summed E-state index contributed by atoms with van der Waals surface area (Å²) >= 11 is 0. The SMILES string of the molecule is Cc1cccc(C)c1N1C[C@@H](C(=O)Oc2cccc(N3C(=O)[C@H]4CCCC[C@H]4C3=O)c2)CC1=O. The maximum Gasteiger partial charge on any atom is 0.316 e. The second-order valence-corrected chi connectivity index (χ2v) is 9.57. The molecule has 1 saturated carbocycles. The van der Waals surface area contributed by atoms with Crippen LogP contribution in [0.15, 0.2) is 42.5 Å². The number of hydrogen-bond donors (Lipinski definition) is 0. The minimum Gasteiger partial charge on any atom is -0.426 e. The highest BCUT2D eigenvalue weighted by atomic mass is 16.5. The van der Waals surface area contributed by atoms with E-state index in [-0.39, 0.29) is 48.3 Å². The van der Waals surface area contributed by atoms with Gasteiger partial charge in [-0.25, -0.2) is 4.90 Å². The van der Waals surface area contributed by atoms with Crippen molar-refractivity contribution in [2.24, 2.45) is 17.8 Å². The van der Waals surface area contributed by atoms with Crippen molar-refractivity contribution in [3.05, 3.63) is 53.6 Å². The van der Waals surface area contributed by atoms with Gasteiger partial charge in [-0.3, -0.25) is 19.2 Å². The molecule has 0 bridgehead atoms. The average Bonchev–Trinajstić information content (AvgIpc) is 3.32. The van der Waals surface area contributed by atoms with Gasteiger partial charge in [0.25, 0.3) is 0 Å². The first-order valence-electron chi connectivity index (χ1n) is 11.9. The first-order valence-corrected chi connectivity index (χ1v) is 11.9. The Morgan fingerprint density at radius 2 is 1.53 bits per heavy atom. The molecule has 0 unspecified atom stereocenters. The zero-order valence-electron chi connectivity index (χ0n) is 19.5. The Bertz CT molecular complexity index is 1150. The van der Waals surface area contributed by atoms with E-state index in [0.29, 0.717) is 5.69 Å². The predicted octanol–water partition coefficient (Wildman–Crippen LogP) is 3.94. The number of hydrogen-bond acceptors (Lipinski definition) is 5. The van der Waals surface area contributed by atoms with Crippen LogP contribution in [-0.4, -0.2) is 30.2 Å². The van der Waals surface area contributed by atoms with Gasteiger partial charge in [0.1, 0.15) is 5.75 Å². The molecule has 2 heterocycles. The molecule has 3 aliphatic rings. The molecule has 7 nitrogen and oxygen atoms in total. The van der Waals surface area contributed by atoms with Crippen molar-refractivity contribution in [3.63, 3.8) is 0 Å². The lowest BCUT2D eigenvalue weighted by Crippen LogP contribution is -2.31. The van der Waals surface area contributed by atoms with Gasteiger partial charge in [0.2, 0.25) is 17.7 Å². The van der Waals surface area contributed by atoms with Gasteiger partial charge >= 0.3 is 5.97 Å². The molecule has 0 N–H and O–H groups in total. The van der Waals surface area contributed by atoms with Gasteiger partial charge in [-0.15, -0.1) is 0 Å². The summed E-state index contributed by atoms with van der Waals surface area (Å²) in [7, 11) is 0. The summed E-state index contributed by atoms with van der Waals surface area (Å²) in [4.78, 5) is 54.4. The van der Waals surface area contributed by atoms with Gasteiger partial charge < -0.3 is 9.64 Å². The monoisotopic (exact) mass is 460 g/mol. The zero-order valence-corrected chi connectivity index (χ0v) is 19.5. The molecular weight excluding hydrogens is 432 g/mol. The molecule has 0 spiro atoms. The van der Waals surface area contributed by atoms with Gasteiger partial charge in [-0.2, -0.15) is 0 Å². The molecule has 5 rings (SSSR count). The van der Waals surface area contributed by atoms with Crippen molar-refractivity contribution in [3.8, 4) is 5.75 Å². The van der Waals surface area contributed by atoms with Crippen molar-refractivity contribution in [1.29, 1.82) is 0 Å². The third-order valence-corrected chi connectivity index (χ3v) is 7.30. The largest absolute Gasteiger partial charge is 0.426 e. The third-order valence-electron chi connectivity index (χ3n) is 7.30. The number of aryl methyl sites for hydroxylation is 2. The number of para-hydroxylation sites is 1. The van der Waals surface area contributed by atoms with E-state index < -0.39 is 11.9 Å². The molecule has 2 saturated heterocycles. The zero-order chi connectivity index (χ0) is 24.0. The molecular formula is C27H28N2O5. The van der Waals surface area contributed by atoms with Gasteiger partial charge in [0.15, 0.2) is 0 Å². The van der Waals surface area contributed by atoms with E-state index in [1.807, 2.05) is 32.0 Å². The number of rotatable bonds is 4. The lowest BCUT2D eigenvalue weighted by molar-refractivity contribution is -0.139. The quantitative estimate of drug-likeness (QED) is 0.392. The Morgan fingerprint density at radius 1 is 0.912 bits per heavy atom. The molecule has 3 amide bonds. The summed E-state index contributed by atoms with van der Waals surface area (Å²) in [5, 5.41) is 0. The maximum absolute atomic E-state index is 12.9. The Morgan fingerprint density at radius 3 is 2.18 bits per heavy atom. The van der Waals surface area contributed by atoms with Crippen LogP contribution in [0.2, 0.25) is 0 Å². The summed E-state index contributed by atoms with van der Waals surface area (Å²) < 4.78 is 5.61. The Balaban J connectivity index is 1.31. The number of nitrogens with zero attached hydrogens (tertiary/aromatic N) is 2. The van der Waals surface area contributed by atoms with Crippen LogP contribution in [0.5, 0.6) is 5.75 Å². The lowest BCUT2D eigenvalue weighted by Gasteiger charge is -2.21. The molecule has 34 heavy (non-hydrogen) atoms. The molecule has 3 fully saturated rings. The normalized spacial score (nSPS) is 24.5. The fraction of sp³-hybridized carbons (Fsp3) is 0.407. The van der Waals surface area contributed by atoms with Crippen LogP contribution < -0.4 is 14.5 Å². The van der Waals surface area contributed by atoms with Crippen LogP contribution in [0, 0.1) is 31.6 Å². The first-order chi connectivity index (χ1) is 16.3. The van der Waals surface area contributed by atoms with E-state index in [0.717, 1.165) is 42.5 Å². The molecule has 0 aromatic heterocycles. The fourth-order valence-electron chi connectivity index (χ4n) is 5.62. The number of imide groups is 1. The number of anilines is 2. The molecule has 2 aliphatic heterocycles. The van der Waals surface area contributed by atoms with Crippen molar-refractivity contribution in [2.45, 2.75) is 46.0 Å². The number of carbonyl (C=O) groups excluding carboxylic acids is 4. The van der Waals surface area contributed by atoms with Crippen LogP contribution >= 0.6 is 0 Å². The molecule has 0 radical (unpaired) electrons. The second-order valence-electron chi connectivity index (χ2n) is 9.57. The highest BCUT2D eigenvalue weighted by Crippen LogP contribution is 2.40. The van der Waals surface area contributed by atoms with E-state index >= 15 is 0 Å². The van der Waals surface area contributed by atoms with E-state index in [4.69, 9.17) is 4.74 Å². The lowest BCUT2D eigenvalue weighted by atomic mass is 9.81. The van der Waals surface area contributed by atoms with Gasteiger partial charge in [-0.05, 0) is 49.9 Å². The van der Waals surface area contributed by atoms with Crippen LogP contribution in [0.25, 0.3) is 0 Å². The van der Waals surface area contributed by atoms with Crippen molar-refractivity contribution < 1.29 is 23.9 Å². The highest BCUT2D eigenvalue weighted by Gasteiger charge is 2.48. The standard InChI is InChI=1S/C27H28N2O5/c1-16-7-5-8-17(2)24(16)28-15-18(13-23(28)30)27(33)34-20-10-6-9-19(14-20)29-25(31)21-11-3-4-12-22(21)26(29)32/h5-10,14,18,21-22H,3-4,11-13,15H2,1-2H3/t18-,21-,22+/m0/s1. The minimum absolute atomic E-state index is 0.0821. The average molecular weight is 461 g/mol. The summed E-state index contributed by atoms with van der Waals surface area (Å²) in [6.45, 7) is 4.16. The first kappa shape index (κ1) is 22.3. The number of carbonyl (C=O) groups is 4. The molecule has 3 atom stereocenters. The summed E-state index contributed by atoms with van der Waals surface area (Å²) in [5.74, 6) is -1.74. The van der Waals surface area contributed by atoms with E-state index in [2.05, 4.69) is 0 Å². The predicted molar refractivity (Wildman–Crippen MR) is 126 cm³/mol. The second kappa shape index (κ2) is 8.70. The van der Waals surface area contributed by atoms with Crippen molar-refractivity contribution in [1.82, 2.24) is 0 Å². The fourth-order valence-corrected chi connectivity index (χ4v) is 5.62. The summed E-state index contributed by atoms with van der Waals surface area (Å²) in [5.41, 5.74) is 3.23. The Kier molecular flexibility index (Phi) is 5.71. The van der Waals surface area contributed by atoms with Gasteiger partial charge in [0.05, 0.1) is 23.4 Å². The van der Waals surface area contributed by atoms with Gasteiger partial charge in [0, 0.05) is 24.7 Å². The van der Waals surface area contributed by atoms with Crippen LogP contribution in [0.1, 0.15) is 43.2 Å². The number of fused-ring (bicyclic) bond motifs is 1. The highest BCUT2D eigenvalue weighted by molar-refractivity contribution is 6.22. The number of benzene rings is 2. The maximum atomic E-state index is 12.9. The third kappa shape index (κ3) is 3.79. The number of esters is 1. The molecule has 7 heteroatoms. The summed E-state index contributed by atoms with van der Waals surface area (Å²) in [6, 6.07) is 12.4. The van der Waals surface area contributed by atoms with Crippen molar-refractivity contribution >= 4 is 35.1 Å².